The number of aromatic nitrogens is 2. The number of carbonyl (C=O) groups is 1. The summed E-state index contributed by atoms with van der Waals surface area (Å²) >= 11 is 12.1. The number of rotatable bonds is 4. The monoisotopic (exact) mass is 460 g/mol. The van der Waals surface area contributed by atoms with E-state index in [0.29, 0.717) is 41.1 Å². The Hall–Kier alpha value is -2.90. The van der Waals surface area contributed by atoms with E-state index in [-0.39, 0.29) is 23.6 Å². The molecule has 2 aromatic carbocycles. The van der Waals surface area contributed by atoms with Crippen molar-refractivity contribution in [3.05, 3.63) is 76.3 Å². The molecule has 1 atom stereocenters. The lowest BCUT2D eigenvalue weighted by molar-refractivity contribution is 0.0674. The van der Waals surface area contributed by atoms with E-state index in [4.69, 9.17) is 27.9 Å². The normalized spacial score (nSPS) is 16.3. The van der Waals surface area contributed by atoms with Gasteiger partial charge < -0.3 is 14.5 Å². The fourth-order valence-electron chi connectivity index (χ4n) is 3.48. The minimum absolute atomic E-state index is 0.0844. The van der Waals surface area contributed by atoms with Crippen molar-refractivity contribution in [2.24, 2.45) is 0 Å². The lowest BCUT2D eigenvalue weighted by atomic mass is 10.1. The molecule has 3 aromatic rings. The molecule has 1 amide bonds. The van der Waals surface area contributed by atoms with Gasteiger partial charge in [-0.2, -0.15) is 0 Å². The van der Waals surface area contributed by atoms with Gasteiger partial charge in [0.1, 0.15) is 12.1 Å². The number of para-hydroxylation sites is 1. The summed E-state index contributed by atoms with van der Waals surface area (Å²) in [7, 11) is 0. The number of carbonyl (C=O) groups excluding carboxylic acids is 1. The van der Waals surface area contributed by atoms with Crippen LogP contribution in [0.5, 0.6) is 11.6 Å². The zero-order chi connectivity index (χ0) is 22.0. The SMILES string of the molecule is C[C@H]1CN(c2cc(Oc3ccccc3F)ncn2)CCN1C(=O)c1ccc(Cl)cc1Cl. The molecule has 0 radical (unpaired) electrons. The minimum Gasteiger partial charge on any atom is -0.436 e. The van der Waals surface area contributed by atoms with Gasteiger partial charge in [-0.3, -0.25) is 4.79 Å². The molecule has 4 rings (SSSR count). The minimum atomic E-state index is -0.468. The average Bonchev–Trinajstić information content (AvgIpc) is 2.75. The third kappa shape index (κ3) is 4.73. The van der Waals surface area contributed by atoms with E-state index in [9.17, 15) is 9.18 Å². The Morgan fingerprint density at radius 1 is 1.13 bits per heavy atom. The first-order valence-electron chi connectivity index (χ1n) is 9.68. The summed E-state index contributed by atoms with van der Waals surface area (Å²) in [4.78, 5) is 25.2. The first kappa shape index (κ1) is 21.3. The van der Waals surface area contributed by atoms with Crippen LogP contribution in [0.2, 0.25) is 10.0 Å². The largest absolute Gasteiger partial charge is 0.436 e. The second-order valence-corrected chi connectivity index (χ2v) is 8.01. The predicted octanol–water partition coefficient (Wildman–Crippen LogP) is 5.07. The molecule has 6 nitrogen and oxygen atoms in total. The van der Waals surface area contributed by atoms with E-state index in [1.165, 1.54) is 18.5 Å². The van der Waals surface area contributed by atoms with Crippen molar-refractivity contribution in [2.75, 3.05) is 24.5 Å². The molecule has 0 bridgehead atoms. The van der Waals surface area contributed by atoms with Crippen LogP contribution in [-0.2, 0) is 0 Å². The Bertz CT molecular complexity index is 1110. The Labute approximate surface area is 189 Å². The molecule has 0 saturated carbocycles. The number of benzene rings is 2. The van der Waals surface area contributed by atoms with Gasteiger partial charge in [0.25, 0.3) is 5.91 Å². The molecule has 1 aromatic heterocycles. The maximum Gasteiger partial charge on any atom is 0.255 e. The van der Waals surface area contributed by atoms with E-state index >= 15 is 0 Å². The fourth-order valence-corrected chi connectivity index (χ4v) is 3.97. The molecule has 0 spiro atoms. The van der Waals surface area contributed by atoms with Crippen LogP contribution >= 0.6 is 23.2 Å². The third-order valence-electron chi connectivity index (χ3n) is 5.05. The average molecular weight is 461 g/mol. The van der Waals surface area contributed by atoms with E-state index in [1.807, 2.05) is 11.8 Å². The second-order valence-electron chi connectivity index (χ2n) is 7.16. The molecule has 160 valence electrons. The number of piperazine rings is 1. The van der Waals surface area contributed by atoms with Gasteiger partial charge in [-0.1, -0.05) is 35.3 Å². The highest BCUT2D eigenvalue weighted by molar-refractivity contribution is 6.36. The number of nitrogens with zero attached hydrogens (tertiary/aromatic N) is 4. The summed E-state index contributed by atoms with van der Waals surface area (Å²) in [5.74, 6) is 0.374. The number of hydrogen-bond acceptors (Lipinski definition) is 5. The Balaban J connectivity index is 1.46. The van der Waals surface area contributed by atoms with Gasteiger partial charge in [0.05, 0.1) is 10.6 Å². The Kier molecular flexibility index (Phi) is 6.25. The summed E-state index contributed by atoms with van der Waals surface area (Å²) in [5.41, 5.74) is 0.425. The van der Waals surface area contributed by atoms with Gasteiger partial charge in [-0.25, -0.2) is 14.4 Å². The summed E-state index contributed by atoms with van der Waals surface area (Å²) in [6.07, 6.45) is 1.38. The molecule has 0 unspecified atom stereocenters. The van der Waals surface area contributed by atoms with E-state index in [0.717, 1.165) is 0 Å². The van der Waals surface area contributed by atoms with Crippen LogP contribution in [0.4, 0.5) is 10.2 Å². The molecular formula is C22H19Cl2FN4O2. The number of ether oxygens (including phenoxy) is 1. The van der Waals surface area contributed by atoms with Crippen LogP contribution in [0, 0.1) is 5.82 Å². The first-order chi connectivity index (χ1) is 14.9. The Morgan fingerprint density at radius 2 is 1.94 bits per heavy atom. The zero-order valence-corrected chi connectivity index (χ0v) is 18.1. The molecule has 0 aliphatic carbocycles. The molecule has 0 N–H and O–H groups in total. The molecule has 2 heterocycles. The van der Waals surface area contributed by atoms with E-state index in [1.54, 1.807) is 41.3 Å². The molecule has 9 heteroatoms. The van der Waals surface area contributed by atoms with Crippen molar-refractivity contribution in [2.45, 2.75) is 13.0 Å². The van der Waals surface area contributed by atoms with Crippen LogP contribution in [0.15, 0.2) is 54.9 Å². The first-order valence-corrected chi connectivity index (χ1v) is 10.4. The highest BCUT2D eigenvalue weighted by Gasteiger charge is 2.30. The van der Waals surface area contributed by atoms with Gasteiger partial charge in [-0.15, -0.1) is 0 Å². The third-order valence-corrected chi connectivity index (χ3v) is 5.60. The van der Waals surface area contributed by atoms with Crippen LogP contribution in [0.3, 0.4) is 0 Å². The molecular weight excluding hydrogens is 442 g/mol. The number of hydrogen-bond donors (Lipinski definition) is 0. The number of amides is 1. The highest BCUT2D eigenvalue weighted by Crippen LogP contribution is 2.27. The topological polar surface area (TPSA) is 58.6 Å². The van der Waals surface area contributed by atoms with Crippen LogP contribution < -0.4 is 9.64 Å². The maximum absolute atomic E-state index is 13.9. The molecule has 1 aliphatic heterocycles. The maximum atomic E-state index is 13.9. The lowest BCUT2D eigenvalue weighted by Crippen LogP contribution is -2.54. The lowest BCUT2D eigenvalue weighted by Gasteiger charge is -2.40. The van der Waals surface area contributed by atoms with Gasteiger partial charge in [0.2, 0.25) is 5.88 Å². The van der Waals surface area contributed by atoms with Crippen LogP contribution in [0.1, 0.15) is 17.3 Å². The number of halogens is 3. The second kappa shape index (κ2) is 9.08. The van der Waals surface area contributed by atoms with Gasteiger partial charge in [-0.05, 0) is 37.3 Å². The molecule has 1 aliphatic rings. The van der Waals surface area contributed by atoms with Crippen LogP contribution in [0.25, 0.3) is 0 Å². The molecule has 31 heavy (non-hydrogen) atoms. The van der Waals surface area contributed by atoms with Crippen LogP contribution in [-0.4, -0.2) is 46.5 Å². The Morgan fingerprint density at radius 3 is 2.68 bits per heavy atom. The van der Waals surface area contributed by atoms with Gasteiger partial charge in [0.15, 0.2) is 11.6 Å². The van der Waals surface area contributed by atoms with Gasteiger partial charge >= 0.3 is 0 Å². The standard InChI is InChI=1S/C22H19Cl2FN4O2/c1-14-12-28(8-9-29(14)22(30)16-7-6-15(23)10-17(16)24)20-11-21(27-13-26-20)31-19-5-3-2-4-18(19)25/h2-7,10-11,13-14H,8-9,12H2,1H3/t14-/m0/s1. The smallest absolute Gasteiger partial charge is 0.255 e. The van der Waals surface area contributed by atoms with Crippen molar-refractivity contribution in [3.8, 4) is 11.6 Å². The van der Waals surface area contributed by atoms with Crippen molar-refractivity contribution in [1.29, 1.82) is 0 Å². The predicted molar refractivity (Wildman–Crippen MR) is 118 cm³/mol. The van der Waals surface area contributed by atoms with Gasteiger partial charge in [0, 0.05) is 36.8 Å². The van der Waals surface area contributed by atoms with E-state index < -0.39 is 5.82 Å². The quantitative estimate of drug-likeness (QED) is 0.544. The summed E-state index contributed by atoms with van der Waals surface area (Å²) in [5, 5.41) is 0.814. The van der Waals surface area contributed by atoms with Crippen molar-refractivity contribution in [1.82, 2.24) is 14.9 Å². The van der Waals surface area contributed by atoms with E-state index in [2.05, 4.69) is 9.97 Å². The summed E-state index contributed by atoms with van der Waals surface area (Å²) in [6, 6.07) is 12.6. The molecule has 1 fully saturated rings. The zero-order valence-electron chi connectivity index (χ0n) is 16.6. The summed E-state index contributed by atoms with van der Waals surface area (Å²) in [6.45, 7) is 3.59. The van der Waals surface area contributed by atoms with Crippen molar-refractivity contribution >= 4 is 34.9 Å². The molecule has 1 saturated heterocycles. The highest BCUT2D eigenvalue weighted by atomic mass is 35.5. The summed E-state index contributed by atoms with van der Waals surface area (Å²) < 4.78 is 19.4. The number of anilines is 1. The van der Waals surface area contributed by atoms with Crippen molar-refractivity contribution in [3.63, 3.8) is 0 Å². The van der Waals surface area contributed by atoms with Crippen molar-refractivity contribution < 1.29 is 13.9 Å². The fraction of sp³-hybridized carbons (Fsp3) is 0.227.